The number of nitrogens with one attached hydrogen (secondary N) is 1. The zero-order valence-corrected chi connectivity index (χ0v) is 14.2. The normalized spacial score (nSPS) is 26.0. The summed E-state index contributed by atoms with van der Waals surface area (Å²) in [6.45, 7) is 9.29. The van der Waals surface area contributed by atoms with E-state index in [0.717, 1.165) is 24.3 Å². The summed E-state index contributed by atoms with van der Waals surface area (Å²) >= 11 is 0. The van der Waals surface area contributed by atoms with Crippen LogP contribution in [-0.4, -0.2) is 13.1 Å². The van der Waals surface area contributed by atoms with Gasteiger partial charge in [-0.1, -0.05) is 57.9 Å². The predicted molar refractivity (Wildman–Crippen MR) is 92.8 cm³/mol. The maximum atomic E-state index is 3.65. The fraction of sp³-hybridized carbons (Fsp3) is 0.700. The van der Waals surface area contributed by atoms with Crippen molar-refractivity contribution in [2.24, 2.45) is 11.8 Å². The van der Waals surface area contributed by atoms with Gasteiger partial charge in [-0.25, -0.2) is 0 Å². The van der Waals surface area contributed by atoms with Crippen molar-refractivity contribution < 1.29 is 0 Å². The first-order valence-electron chi connectivity index (χ1n) is 9.04. The van der Waals surface area contributed by atoms with Crippen LogP contribution < -0.4 is 5.32 Å². The first kappa shape index (κ1) is 16.5. The van der Waals surface area contributed by atoms with Crippen molar-refractivity contribution in [3.05, 3.63) is 35.4 Å². The molecule has 0 aliphatic heterocycles. The molecule has 118 valence electrons. The van der Waals surface area contributed by atoms with Gasteiger partial charge < -0.3 is 5.32 Å². The van der Waals surface area contributed by atoms with Crippen molar-refractivity contribution in [3.8, 4) is 0 Å². The van der Waals surface area contributed by atoms with Gasteiger partial charge in [-0.15, -0.1) is 0 Å². The van der Waals surface area contributed by atoms with Crippen LogP contribution in [0.15, 0.2) is 24.3 Å². The lowest BCUT2D eigenvalue weighted by Crippen LogP contribution is -2.31. The molecule has 0 saturated heterocycles. The first-order chi connectivity index (χ1) is 10.2. The summed E-state index contributed by atoms with van der Waals surface area (Å²) < 4.78 is 0. The van der Waals surface area contributed by atoms with Crippen LogP contribution in [-0.2, 0) is 6.42 Å². The fourth-order valence-corrected chi connectivity index (χ4v) is 3.78. The molecule has 1 nitrogen and oxygen atoms in total. The molecule has 1 aromatic carbocycles. The largest absolute Gasteiger partial charge is 0.316 e. The molecule has 0 radical (unpaired) electrons. The maximum absolute atomic E-state index is 3.65. The molecule has 1 N–H and O–H groups in total. The van der Waals surface area contributed by atoms with E-state index in [9.17, 15) is 0 Å². The third-order valence-electron chi connectivity index (χ3n) is 5.04. The Balaban J connectivity index is 2.04. The van der Waals surface area contributed by atoms with E-state index in [2.05, 4.69) is 50.4 Å². The molecule has 1 aliphatic rings. The van der Waals surface area contributed by atoms with Crippen LogP contribution in [0.4, 0.5) is 0 Å². The molecule has 3 unspecified atom stereocenters. The average Bonchev–Trinajstić information content (AvgIpc) is 2.50. The van der Waals surface area contributed by atoms with Crippen LogP contribution in [0.25, 0.3) is 0 Å². The second-order valence-corrected chi connectivity index (χ2v) is 6.98. The van der Waals surface area contributed by atoms with E-state index in [0.29, 0.717) is 0 Å². The third-order valence-corrected chi connectivity index (χ3v) is 5.04. The highest BCUT2D eigenvalue weighted by Crippen LogP contribution is 2.40. The molecule has 0 bridgehead atoms. The van der Waals surface area contributed by atoms with Crippen LogP contribution in [0, 0.1) is 11.8 Å². The molecular weight excluding hydrogens is 254 g/mol. The highest BCUT2D eigenvalue weighted by atomic mass is 14.9. The number of hydrogen-bond acceptors (Lipinski definition) is 1. The smallest absolute Gasteiger partial charge is 0.00147 e. The Morgan fingerprint density at radius 1 is 1.05 bits per heavy atom. The number of hydrogen-bond donors (Lipinski definition) is 1. The van der Waals surface area contributed by atoms with Gasteiger partial charge in [0.15, 0.2) is 0 Å². The molecule has 1 fully saturated rings. The van der Waals surface area contributed by atoms with E-state index in [1.807, 2.05) is 0 Å². The zero-order chi connectivity index (χ0) is 15.1. The molecule has 3 atom stereocenters. The molecule has 1 saturated carbocycles. The van der Waals surface area contributed by atoms with Crippen molar-refractivity contribution in [1.82, 2.24) is 5.32 Å². The van der Waals surface area contributed by atoms with E-state index < -0.39 is 0 Å². The van der Waals surface area contributed by atoms with Gasteiger partial charge in [0.05, 0.1) is 0 Å². The summed E-state index contributed by atoms with van der Waals surface area (Å²) in [7, 11) is 0. The zero-order valence-electron chi connectivity index (χ0n) is 14.2. The Labute approximate surface area is 131 Å². The SMILES string of the molecule is CCCNCC1CCC(C)CC1c1ccc(CCC)cc1. The second-order valence-electron chi connectivity index (χ2n) is 6.98. The van der Waals surface area contributed by atoms with Gasteiger partial charge in [-0.2, -0.15) is 0 Å². The van der Waals surface area contributed by atoms with E-state index in [-0.39, 0.29) is 0 Å². The van der Waals surface area contributed by atoms with E-state index >= 15 is 0 Å². The Morgan fingerprint density at radius 2 is 1.81 bits per heavy atom. The molecule has 0 spiro atoms. The highest BCUT2D eigenvalue weighted by Gasteiger charge is 2.29. The predicted octanol–water partition coefficient (Wildman–Crippen LogP) is 5.16. The summed E-state index contributed by atoms with van der Waals surface area (Å²) in [5, 5.41) is 3.65. The van der Waals surface area contributed by atoms with Crippen molar-refractivity contribution in [3.63, 3.8) is 0 Å². The van der Waals surface area contributed by atoms with Crippen LogP contribution in [0.2, 0.25) is 0 Å². The molecular formula is C20H33N. The minimum Gasteiger partial charge on any atom is -0.316 e. The van der Waals surface area contributed by atoms with Crippen molar-refractivity contribution >= 4 is 0 Å². The quantitative estimate of drug-likeness (QED) is 0.683. The molecule has 21 heavy (non-hydrogen) atoms. The van der Waals surface area contributed by atoms with Crippen LogP contribution in [0.3, 0.4) is 0 Å². The van der Waals surface area contributed by atoms with Gasteiger partial charge in [-0.3, -0.25) is 0 Å². The standard InChI is InChI=1S/C20H33N/c1-4-6-17-8-11-18(12-9-17)20-14-16(3)7-10-19(20)15-21-13-5-2/h8-9,11-12,16,19-21H,4-7,10,13-15H2,1-3H3. The Bertz CT molecular complexity index is 395. The van der Waals surface area contributed by atoms with Crippen molar-refractivity contribution in [1.29, 1.82) is 0 Å². The summed E-state index contributed by atoms with van der Waals surface area (Å²) in [5.41, 5.74) is 3.07. The van der Waals surface area contributed by atoms with Gasteiger partial charge in [0.25, 0.3) is 0 Å². The van der Waals surface area contributed by atoms with E-state index in [4.69, 9.17) is 0 Å². The van der Waals surface area contributed by atoms with Gasteiger partial charge in [0.2, 0.25) is 0 Å². The highest BCUT2D eigenvalue weighted by molar-refractivity contribution is 5.26. The van der Waals surface area contributed by atoms with Gasteiger partial charge in [0, 0.05) is 0 Å². The minimum atomic E-state index is 0.758. The Morgan fingerprint density at radius 3 is 2.48 bits per heavy atom. The Kier molecular flexibility index (Phi) is 6.76. The summed E-state index contributed by atoms with van der Waals surface area (Å²) in [4.78, 5) is 0. The van der Waals surface area contributed by atoms with Crippen LogP contribution in [0.1, 0.15) is 69.9 Å². The summed E-state index contributed by atoms with van der Waals surface area (Å²) in [6.07, 6.45) is 7.85. The lowest BCUT2D eigenvalue weighted by atomic mass is 9.71. The van der Waals surface area contributed by atoms with Gasteiger partial charge in [0.1, 0.15) is 0 Å². The topological polar surface area (TPSA) is 12.0 Å². The molecule has 2 rings (SSSR count). The lowest BCUT2D eigenvalue weighted by molar-refractivity contribution is 0.242. The molecule has 0 heterocycles. The number of aryl methyl sites for hydroxylation is 1. The fourth-order valence-electron chi connectivity index (χ4n) is 3.78. The van der Waals surface area contributed by atoms with Crippen LogP contribution >= 0.6 is 0 Å². The first-order valence-corrected chi connectivity index (χ1v) is 9.04. The summed E-state index contributed by atoms with van der Waals surface area (Å²) in [6, 6.07) is 9.52. The monoisotopic (exact) mass is 287 g/mol. The minimum absolute atomic E-state index is 0.758. The molecule has 0 aromatic heterocycles. The van der Waals surface area contributed by atoms with Gasteiger partial charge in [-0.05, 0) is 67.7 Å². The van der Waals surface area contributed by atoms with Crippen molar-refractivity contribution in [2.75, 3.05) is 13.1 Å². The molecule has 1 aliphatic carbocycles. The van der Waals surface area contributed by atoms with Crippen molar-refractivity contribution in [2.45, 2.75) is 65.2 Å². The molecule has 0 amide bonds. The van der Waals surface area contributed by atoms with Gasteiger partial charge >= 0.3 is 0 Å². The molecule has 1 heteroatoms. The van der Waals surface area contributed by atoms with E-state index in [1.54, 1.807) is 5.56 Å². The number of rotatable bonds is 7. The third kappa shape index (κ3) is 4.85. The summed E-state index contributed by atoms with van der Waals surface area (Å²) in [5.74, 6) is 2.46. The second kappa shape index (κ2) is 8.58. The maximum Gasteiger partial charge on any atom is -0.00147 e. The lowest BCUT2D eigenvalue weighted by Gasteiger charge is -2.35. The Hall–Kier alpha value is -0.820. The average molecular weight is 287 g/mol. The number of benzene rings is 1. The molecule has 1 aromatic rings. The van der Waals surface area contributed by atoms with E-state index in [1.165, 1.54) is 50.6 Å². The van der Waals surface area contributed by atoms with Crippen LogP contribution in [0.5, 0.6) is 0 Å².